The van der Waals surface area contributed by atoms with Crippen LogP contribution in [-0.4, -0.2) is 47.3 Å². The van der Waals surface area contributed by atoms with Crippen molar-refractivity contribution < 1.29 is 19.3 Å². The number of ether oxygens (including phenoxy) is 3. The molecule has 0 amide bonds. The molecule has 0 radical (unpaired) electrons. The number of aliphatic hydroxyl groups is 1. The Bertz CT molecular complexity index is 655. The van der Waals surface area contributed by atoms with E-state index in [-0.39, 0.29) is 12.1 Å². The minimum atomic E-state index is -0.724. The lowest BCUT2D eigenvalue weighted by Crippen LogP contribution is -2.61. The van der Waals surface area contributed by atoms with Crippen molar-refractivity contribution in [3.05, 3.63) is 60.4 Å². The molecule has 2 aliphatic rings. The van der Waals surface area contributed by atoms with E-state index in [9.17, 15) is 5.11 Å². The second-order valence-electron chi connectivity index (χ2n) is 6.02. The smallest absolute Gasteiger partial charge is 0.197 e. The van der Waals surface area contributed by atoms with Crippen molar-refractivity contribution in [2.75, 3.05) is 6.61 Å². The molecule has 126 valence electrons. The number of para-hydroxylation sites is 1. The molecule has 1 aromatic heterocycles. The van der Waals surface area contributed by atoms with Gasteiger partial charge in [-0.2, -0.15) is 0 Å². The van der Waals surface area contributed by atoms with E-state index in [1.807, 2.05) is 42.5 Å². The van der Waals surface area contributed by atoms with Crippen LogP contribution >= 0.6 is 0 Å². The predicted octanol–water partition coefficient (Wildman–Crippen LogP) is 1.10. The zero-order valence-electron chi connectivity index (χ0n) is 13.1. The number of benzene rings is 1. The van der Waals surface area contributed by atoms with Crippen LogP contribution in [0.2, 0.25) is 0 Å². The van der Waals surface area contributed by atoms with Gasteiger partial charge in [-0.05, 0) is 29.8 Å². The van der Waals surface area contributed by atoms with Gasteiger partial charge in [0.05, 0.1) is 12.6 Å². The largest absolute Gasteiger partial charge is 0.482 e. The Morgan fingerprint density at radius 2 is 1.96 bits per heavy atom. The number of aliphatic hydroxyl groups excluding tert-OH is 1. The summed E-state index contributed by atoms with van der Waals surface area (Å²) in [6, 6.07) is 13.0. The van der Waals surface area contributed by atoms with Gasteiger partial charge in [0.25, 0.3) is 0 Å². The minimum absolute atomic E-state index is 0.178. The van der Waals surface area contributed by atoms with Gasteiger partial charge >= 0.3 is 0 Å². The first-order chi connectivity index (χ1) is 11.8. The summed E-state index contributed by atoms with van der Waals surface area (Å²) in [5.41, 5.74) is 1.10. The van der Waals surface area contributed by atoms with Crippen molar-refractivity contribution in [3.8, 4) is 5.75 Å². The van der Waals surface area contributed by atoms with Gasteiger partial charge in [0.15, 0.2) is 12.4 Å². The molecule has 3 heterocycles. The van der Waals surface area contributed by atoms with E-state index < -0.39 is 18.5 Å². The molecule has 2 fully saturated rings. The fourth-order valence-electron chi connectivity index (χ4n) is 3.16. The summed E-state index contributed by atoms with van der Waals surface area (Å²) in [4.78, 5) is 4.01. The van der Waals surface area contributed by atoms with Crippen LogP contribution in [0, 0.1) is 0 Å². The van der Waals surface area contributed by atoms with Gasteiger partial charge in [-0.3, -0.25) is 4.98 Å². The van der Waals surface area contributed by atoms with E-state index in [1.165, 1.54) is 0 Å². The van der Waals surface area contributed by atoms with E-state index in [0.717, 1.165) is 5.56 Å². The first-order valence-corrected chi connectivity index (χ1v) is 8.10. The molecule has 2 aliphatic heterocycles. The van der Waals surface area contributed by atoms with Crippen LogP contribution in [0.25, 0.3) is 0 Å². The standard InChI is InChI=1S/C18H20N2O4/c21-16-15(20-10-12-6-8-19-9-7-12)14-11-22-18(24-14)17(16)23-13-4-2-1-3-5-13/h1-9,14-18,20-21H,10-11H2/t14-,15+,16-,17-,18+/m0/s1. The van der Waals surface area contributed by atoms with E-state index in [1.54, 1.807) is 12.4 Å². The summed E-state index contributed by atoms with van der Waals surface area (Å²) in [5.74, 6) is 0.687. The van der Waals surface area contributed by atoms with E-state index >= 15 is 0 Å². The molecule has 2 aromatic rings. The summed E-state index contributed by atoms with van der Waals surface area (Å²) in [5, 5.41) is 14.2. The molecule has 6 heteroatoms. The average molecular weight is 328 g/mol. The highest BCUT2D eigenvalue weighted by Crippen LogP contribution is 2.31. The fraction of sp³-hybridized carbons (Fsp3) is 0.389. The molecule has 2 bridgehead atoms. The van der Waals surface area contributed by atoms with Crippen LogP contribution in [0.4, 0.5) is 0 Å². The summed E-state index contributed by atoms with van der Waals surface area (Å²) < 4.78 is 17.5. The Morgan fingerprint density at radius 3 is 2.75 bits per heavy atom. The van der Waals surface area contributed by atoms with Crippen LogP contribution in [-0.2, 0) is 16.0 Å². The van der Waals surface area contributed by atoms with Crippen molar-refractivity contribution in [2.45, 2.75) is 37.2 Å². The Kier molecular flexibility index (Phi) is 4.44. The van der Waals surface area contributed by atoms with E-state index in [0.29, 0.717) is 18.9 Å². The summed E-state index contributed by atoms with van der Waals surface area (Å²) in [7, 11) is 0. The van der Waals surface area contributed by atoms with Crippen LogP contribution in [0.1, 0.15) is 5.56 Å². The normalized spacial score (nSPS) is 31.8. The SMILES string of the molecule is O[C@H]1[C@H](NCc2ccncc2)[C@@H]2CO[C@H](O2)[C@H]1Oc1ccccc1. The number of pyridine rings is 1. The first-order valence-electron chi connectivity index (χ1n) is 8.10. The molecule has 1 aromatic carbocycles. The van der Waals surface area contributed by atoms with Gasteiger partial charge in [-0.25, -0.2) is 0 Å². The number of fused-ring (bicyclic) bond motifs is 2. The molecule has 5 atom stereocenters. The molecule has 0 spiro atoms. The average Bonchev–Trinajstić information content (AvgIpc) is 3.06. The summed E-state index contributed by atoms with van der Waals surface area (Å²) in [6.07, 6.45) is 1.49. The van der Waals surface area contributed by atoms with Gasteiger partial charge in [-0.1, -0.05) is 18.2 Å². The highest BCUT2D eigenvalue weighted by molar-refractivity contribution is 5.22. The molecular formula is C18H20N2O4. The Morgan fingerprint density at radius 1 is 1.17 bits per heavy atom. The maximum Gasteiger partial charge on any atom is 0.197 e. The number of rotatable bonds is 5. The summed E-state index contributed by atoms with van der Waals surface area (Å²) in [6.45, 7) is 1.07. The maximum absolute atomic E-state index is 10.8. The van der Waals surface area contributed by atoms with Crippen LogP contribution in [0.3, 0.4) is 0 Å². The second kappa shape index (κ2) is 6.86. The minimum Gasteiger partial charge on any atom is -0.482 e. The van der Waals surface area contributed by atoms with Gasteiger partial charge in [0.1, 0.15) is 18.0 Å². The van der Waals surface area contributed by atoms with Gasteiger partial charge in [0, 0.05) is 18.9 Å². The number of aromatic nitrogens is 1. The van der Waals surface area contributed by atoms with Crippen LogP contribution in [0.5, 0.6) is 5.75 Å². The van der Waals surface area contributed by atoms with Crippen molar-refractivity contribution in [2.24, 2.45) is 0 Å². The second-order valence-corrected chi connectivity index (χ2v) is 6.02. The van der Waals surface area contributed by atoms with E-state index in [2.05, 4.69) is 10.3 Å². The number of hydrogen-bond acceptors (Lipinski definition) is 6. The topological polar surface area (TPSA) is 72.8 Å². The van der Waals surface area contributed by atoms with Gasteiger partial charge in [-0.15, -0.1) is 0 Å². The van der Waals surface area contributed by atoms with Crippen molar-refractivity contribution in [1.82, 2.24) is 10.3 Å². The zero-order chi connectivity index (χ0) is 16.4. The van der Waals surface area contributed by atoms with Crippen molar-refractivity contribution in [3.63, 3.8) is 0 Å². The molecular weight excluding hydrogens is 308 g/mol. The maximum atomic E-state index is 10.8. The lowest BCUT2D eigenvalue weighted by molar-refractivity contribution is -0.193. The highest BCUT2D eigenvalue weighted by Gasteiger charge is 2.51. The molecule has 6 nitrogen and oxygen atoms in total. The van der Waals surface area contributed by atoms with Crippen molar-refractivity contribution in [1.29, 1.82) is 0 Å². The monoisotopic (exact) mass is 328 g/mol. The highest BCUT2D eigenvalue weighted by atomic mass is 16.7. The molecule has 24 heavy (non-hydrogen) atoms. The van der Waals surface area contributed by atoms with Gasteiger partial charge in [0.2, 0.25) is 0 Å². The molecule has 4 rings (SSSR count). The Hall–Kier alpha value is -1.99. The van der Waals surface area contributed by atoms with Crippen molar-refractivity contribution >= 4 is 0 Å². The third-order valence-electron chi connectivity index (χ3n) is 4.41. The molecule has 0 unspecified atom stereocenters. The van der Waals surface area contributed by atoms with E-state index in [4.69, 9.17) is 14.2 Å². The Labute approximate surface area is 140 Å². The Balaban J connectivity index is 1.46. The fourth-order valence-corrected chi connectivity index (χ4v) is 3.16. The van der Waals surface area contributed by atoms with Crippen LogP contribution in [0.15, 0.2) is 54.9 Å². The lowest BCUT2D eigenvalue weighted by Gasteiger charge is -2.38. The van der Waals surface area contributed by atoms with Crippen LogP contribution < -0.4 is 10.1 Å². The third-order valence-corrected chi connectivity index (χ3v) is 4.41. The molecule has 2 N–H and O–H groups in total. The molecule has 0 aliphatic carbocycles. The first kappa shape index (κ1) is 15.5. The number of hydrogen-bond donors (Lipinski definition) is 2. The summed E-state index contributed by atoms with van der Waals surface area (Å²) >= 11 is 0. The molecule has 0 saturated carbocycles. The predicted molar refractivity (Wildman–Crippen MR) is 86.3 cm³/mol. The number of nitrogens with one attached hydrogen (secondary N) is 1. The lowest BCUT2D eigenvalue weighted by atomic mass is 9.97. The quantitative estimate of drug-likeness (QED) is 0.856. The zero-order valence-corrected chi connectivity index (χ0v) is 13.1. The van der Waals surface area contributed by atoms with Gasteiger partial charge < -0.3 is 24.6 Å². The third kappa shape index (κ3) is 3.14. The molecule has 2 saturated heterocycles. The number of nitrogens with zero attached hydrogens (tertiary/aromatic N) is 1.